The summed E-state index contributed by atoms with van der Waals surface area (Å²) in [5.41, 5.74) is 0.526. The molecule has 0 aliphatic heterocycles. The Bertz CT molecular complexity index is 331. The molecule has 0 saturated heterocycles. The molecule has 0 radical (unpaired) electrons. The van der Waals surface area contributed by atoms with E-state index in [9.17, 15) is 5.11 Å². The third-order valence-electron chi connectivity index (χ3n) is 2.80. The maximum atomic E-state index is 10.2. The molecule has 0 spiro atoms. The van der Waals surface area contributed by atoms with Crippen molar-refractivity contribution in [1.29, 1.82) is 0 Å². The fourth-order valence-corrected chi connectivity index (χ4v) is 2.19. The maximum absolute atomic E-state index is 10.2. The van der Waals surface area contributed by atoms with E-state index in [-0.39, 0.29) is 0 Å². The number of hydrogen-bond acceptors (Lipinski definition) is 3. The van der Waals surface area contributed by atoms with Gasteiger partial charge < -0.3 is 15.0 Å². The Labute approximate surface area is 104 Å². The number of aryl methyl sites for hydroxylation is 1. The van der Waals surface area contributed by atoms with Crippen LogP contribution in [-0.4, -0.2) is 26.8 Å². The minimum atomic E-state index is -0.634. The molecule has 98 valence electrons. The fourth-order valence-electron chi connectivity index (χ4n) is 2.19. The monoisotopic (exact) mass is 239 g/mol. The van der Waals surface area contributed by atoms with Gasteiger partial charge in [0, 0.05) is 25.8 Å². The highest BCUT2D eigenvalue weighted by Crippen LogP contribution is 2.15. The molecule has 1 rings (SSSR count). The minimum absolute atomic E-state index is 0.507. The molecule has 4 heteroatoms. The molecule has 1 unspecified atom stereocenters. The molecular weight excluding hydrogens is 214 g/mol. The summed E-state index contributed by atoms with van der Waals surface area (Å²) in [6.07, 6.45) is 4.52. The van der Waals surface area contributed by atoms with E-state index < -0.39 is 5.60 Å². The first kappa shape index (κ1) is 14.2. The van der Waals surface area contributed by atoms with E-state index in [1.54, 1.807) is 0 Å². The van der Waals surface area contributed by atoms with Crippen molar-refractivity contribution in [2.75, 3.05) is 6.54 Å². The van der Waals surface area contributed by atoms with E-state index in [0.29, 0.717) is 12.5 Å². The summed E-state index contributed by atoms with van der Waals surface area (Å²) in [5, 5.41) is 13.5. The summed E-state index contributed by atoms with van der Waals surface area (Å²) < 4.78 is 2.10. The van der Waals surface area contributed by atoms with Crippen LogP contribution in [0.1, 0.15) is 39.8 Å². The van der Waals surface area contributed by atoms with Gasteiger partial charge in [0.2, 0.25) is 0 Å². The molecule has 0 bridgehead atoms. The van der Waals surface area contributed by atoms with Gasteiger partial charge in [0.05, 0.1) is 17.6 Å². The van der Waals surface area contributed by atoms with Crippen LogP contribution < -0.4 is 5.32 Å². The Morgan fingerprint density at radius 3 is 2.82 bits per heavy atom. The van der Waals surface area contributed by atoms with Crippen molar-refractivity contribution in [2.45, 2.75) is 52.8 Å². The molecule has 1 aromatic rings. The molecule has 0 saturated carbocycles. The van der Waals surface area contributed by atoms with Crippen molar-refractivity contribution >= 4 is 0 Å². The Kier molecular flexibility index (Phi) is 5.15. The molecule has 17 heavy (non-hydrogen) atoms. The first-order valence-corrected chi connectivity index (χ1v) is 6.36. The average Bonchev–Trinajstić information content (AvgIpc) is 2.62. The number of nitrogens with one attached hydrogen (secondary N) is 1. The topological polar surface area (TPSA) is 50.1 Å². The molecule has 0 aromatic carbocycles. The van der Waals surface area contributed by atoms with Crippen LogP contribution in [0.3, 0.4) is 0 Å². The van der Waals surface area contributed by atoms with Gasteiger partial charge in [-0.05, 0) is 26.2 Å². The van der Waals surface area contributed by atoms with E-state index in [1.807, 2.05) is 19.4 Å². The summed E-state index contributed by atoms with van der Waals surface area (Å²) in [4.78, 5) is 4.12. The predicted molar refractivity (Wildman–Crippen MR) is 69.7 cm³/mol. The lowest BCUT2D eigenvalue weighted by Crippen LogP contribution is -2.38. The number of rotatable bonds is 7. The van der Waals surface area contributed by atoms with Gasteiger partial charge >= 0.3 is 0 Å². The molecular formula is C13H25N3O. The Hall–Kier alpha value is -0.870. The highest BCUT2D eigenvalue weighted by Gasteiger charge is 2.21. The van der Waals surface area contributed by atoms with E-state index in [1.165, 1.54) is 0 Å². The van der Waals surface area contributed by atoms with Crippen LogP contribution in [0.4, 0.5) is 0 Å². The molecule has 1 aromatic heterocycles. The zero-order valence-electron chi connectivity index (χ0n) is 11.4. The highest BCUT2D eigenvalue weighted by molar-refractivity contribution is 4.98. The van der Waals surface area contributed by atoms with Crippen molar-refractivity contribution in [3.05, 3.63) is 18.2 Å². The molecule has 0 aliphatic carbocycles. The highest BCUT2D eigenvalue weighted by atomic mass is 16.3. The lowest BCUT2D eigenvalue weighted by atomic mass is 9.94. The van der Waals surface area contributed by atoms with Crippen LogP contribution in [-0.2, 0) is 13.1 Å². The number of aliphatic hydroxyl groups is 1. The van der Waals surface area contributed by atoms with Crippen molar-refractivity contribution < 1.29 is 5.11 Å². The Morgan fingerprint density at radius 1 is 1.53 bits per heavy atom. The average molecular weight is 239 g/mol. The Balaban J connectivity index is 2.37. The van der Waals surface area contributed by atoms with E-state index in [4.69, 9.17) is 0 Å². The summed E-state index contributed by atoms with van der Waals surface area (Å²) in [5.74, 6) is 0.507. The molecule has 1 heterocycles. The third kappa shape index (κ3) is 4.88. The van der Waals surface area contributed by atoms with Crippen molar-refractivity contribution in [3.8, 4) is 0 Å². The minimum Gasteiger partial charge on any atom is -0.389 e. The summed E-state index contributed by atoms with van der Waals surface area (Å²) in [6.45, 7) is 10.5. The fraction of sp³-hybridized carbons (Fsp3) is 0.769. The van der Waals surface area contributed by atoms with Gasteiger partial charge in [-0.15, -0.1) is 0 Å². The van der Waals surface area contributed by atoms with Gasteiger partial charge in [0.25, 0.3) is 0 Å². The first-order valence-electron chi connectivity index (χ1n) is 6.36. The maximum Gasteiger partial charge on any atom is 0.0948 e. The van der Waals surface area contributed by atoms with Crippen LogP contribution >= 0.6 is 0 Å². The van der Waals surface area contributed by atoms with Gasteiger partial charge in [0.15, 0.2) is 0 Å². The van der Waals surface area contributed by atoms with E-state index in [2.05, 4.69) is 35.6 Å². The van der Waals surface area contributed by atoms with Crippen LogP contribution in [0.15, 0.2) is 12.5 Å². The first-order chi connectivity index (χ1) is 7.94. The van der Waals surface area contributed by atoms with Gasteiger partial charge in [-0.25, -0.2) is 4.98 Å². The van der Waals surface area contributed by atoms with Crippen LogP contribution in [0.25, 0.3) is 0 Å². The molecule has 2 N–H and O–H groups in total. The molecule has 0 aliphatic rings. The second-order valence-electron chi connectivity index (χ2n) is 5.37. The number of nitrogens with zero attached hydrogens (tertiary/aromatic N) is 2. The number of imidazole rings is 1. The number of aromatic nitrogens is 2. The van der Waals surface area contributed by atoms with Crippen molar-refractivity contribution in [2.24, 2.45) is 5.92 Å². The molecule has 0 amide bonds. The second-order valence-corrected chi connectivity index (χ2v) is 5.37. The van der Waals surface area contributed by atoms with Gasteiger partial charge in [0.1, 0.15) is 0 Å². The number of hydrogen-bond donors (Lipinski definition) is 2. The Morgan fingerprint density at radius 2 is 2.24 bits per heavy atom. The largest absolute Gasteiger partial charge is 0.389 e. The van der Waals surface area contributed by atoms with Crippen LogP contribution in [0.5, 0.6) is 0 Å². The second kappa shape index (κ2) is 6.17. The zero-order chi connectivity index (χ0) is 12.9. The van der Waals surface area contributed by atoms with Crippen LogP contribution in [0.2, 0.25) is 0 Å². The van der Waals surface area contributed by atoms with Gasteiger partial charge in [-0.3, -0.25) is 0 Å². The molecule has 1 atom stereocenters. The summed E-state index contributed by atoms with van der Waals surface area (Å²) in [6, 6.07) is 0. The lowest BCUT2D eigenvalue weighted by molar-refractivity contribution is 0.0382. The van der Waals surface area contributed by atoms with E-state index >= 15 is 0 Å². The van der Waals surface area contributed by atoms with E-state index in [0.717, 1.165) is 25.2 Å². The predicted octanol–water partition coefficient (Wildman–Crippen LogP) is 1.79. The van der Waals surface area contributed by atoms with Gasteiger partial charge in [-0.1, -0.05) is 13.8 Å². The van der Waals surface area contributed by atoms with Crippen molar-refractivity contribution in [3.63, 3.8) is 0 Å². The standard InChI is InChI=1S/C13H25N3O/c1-5-16-10-15-8-12(16)7-14-9-13(4,17)6-11(2)3/h8,10-11,14,17H,5-7,9H2,1-4H3. The summed E-state index contributed by atoms with van der Waals surface area (Å²) in [7, 11) is 0. The lowest BCUT2D eigenvalue weighted by Gasteiger charge is -2.25. The quantitative estimate of drug-likeness (QED) is 0.762. The normalized spacial score (nSPS) is 15.2. The smallest absolute Gasteiger partial charge is 0.0948 e. The van der Waals surface area contributed by atoms with Gasteiger partial charge in [-0.2, -0.15) is 0 Å². The summed E-state index contributed by atoms with van der Waals surface area (Å²) >= 11 is 0. The SMILES string of the molecule is CCn1cncc1CNCC(C)(O)CC(C)C. The third-order valence-corrected chi connectivity index (χ3v) is 2.80. The zero-order valence-corrected chi connectivity index (χ0v) is 11.4. The molecule has 0 fully saturated rings. The van der Waals surface area contributed by atoms with Crippen molar-refractivity contribution in [1.82, 2.24) is 14.9 Å². The molecule has 4 nitrogen and oxygen atoms in total. The van der Waals surface area contributed by atoms with Crippen LogP contribution in [0, 0.1) is 5.92 Å².